The molecule has 0 saturated heterocycles. The molecular weight excluding hydrogens is 218 g/mol. The molecule has 0 radical (unpaired) electrons. The van der Waals surface area contributed by atoms with Crippen molar-refractivity contribution in [1.29, 1.82) is 0 Å². The Morgan fingerprint density at radius 1 is 1.41 bits per heavy atom. The number of nitrogens with one attached hydrogen (secondary N) is 1. The van der Waals surface area contributed by atoms with Crippen LogP contribution in [-0.2, 0) is 4.74 Å². The lowest BCUT2D eigenvalue weighted by Gasteiger charge is -2.02. The molecule has 1 aromatic heterocycles. The first kappa shape index (κ1) is 11.5. The van der Waals surface area contributed by atoms with Crippen LogP contribution in [-0.4, -0.2) is 24.7 Å². The standard InChI is InChI=1S/C13H15NO3/c1-4-17-13(15)12-8(2)14-11-7-9(16-3)5-6-10(11)12/h5-7,14H,4H2,1-3H3. The van der Waals surface area contributed by atoms with Gasteiger partial charge in [-0.25, -0.2) is 4.79 Å². The topological polar surface area (TPSA) is 51.3 Å². The van der Waals surface area contributed by atoms with E-state index in [1.165, 1.54) is 0 Å². The molecule has 90 valence electrons. The lowest BCUT2D eigenvalue weighted by atomic mass is 10.1. The Morgan fingerprint density at radius 3 is 2.82 bits per heavy atom. The van der Waals surface area contributed by atoms with Crippen LogP contribution in [0.25, 0.3) is 10.9 Å². The molecule has 0 fully saturated rings. The summed E-state index contributed by atoms with van der Waals surface area (Å²) in [6, 6.07) is 5.56. The highest BCUT2D eigenvalue weighted by Gasteiger charge is 2.17. The number of carbonyl (C=O) groups is 1. The molecular formula is C13H15NO3. The fraction of sp³-hybridized carbons (Fsp3) is 0.308. The maximum Gasteiger partial charge on any atom is 0.340 e. The van der Waals surface area contributed by atoms with Crippen LogP contribution in [0.1, 0.15) is 23.0 Å². The molecule has 0 spiro atoms. The number of ether oxygens (including phenoxy) is 2. The van der Waals surface area contributed by atoms with Crippen LogP contribution < -0.4 is 4.74 Å². The van der Waals surface area contributed by atoms with E-state index in [9.17, 15) is 4.79 Å². The van der Waals surface area contributed by atoms with Gasteiger partial charge in [0.15, 0.2) is 0 Å². The van der Waals surface area contributed by atoms with Gasteiger partial charge in [0.05, 0.1) is 24.8 Å². The van der Waals surface area contributed by atoms with Crippen molar-refractivity contribution in [2.45, 2.75) is 13.8 Å². The molecule has 0 saturated carbocycles. The van der Waals surface area contributed by atoms with Gasteiger partial charge in [-0.2, -0.15) is 0 Å². The van der Waals surface area contributed by atoms with Gasteiger partial charge in [-0.15, -0.1) is 0 Å². The molecule has 4 heteroatoms. The summed E-state index contributed by atoms with van der Waals surface area (Å²) in [5.41, 5.74) is 2.29. The summed E-state index contributed by atoms with van der Waals surface area (Å²) in [5, 5.41) is 0.863. The number of carbonyl (C=O) groups excluding carboxylic acids is 1. The van der Waals surface area contributed by atoms with Crippen molar-refractivity contribution in [2.24, 2.45) is 0 Å². The maximum absolute atomic E-state index is 11.8. The highest BCUT2D eigenvalue weighted by molar-refractivity contribution is 6.05. The first-order valence-corrected chi connectivity index (χ1v) is 5.50. The van der Waals surface area contributed by atoms with Gasteiger partial charge in [0.25, 0.3) is 0 Å². The molecule has 0 amide bonds. The number of esters is 1. The van der Waals surface area contributed by atoms with Crippen molar-refractivity contribution in [3.8, 4) is 5.75 Å². The lowest BCUT2D eigenvalue weighted by Crippen LogP contribution is -2.05. The van der Waals surface area contributed by atoms with E-state index in [-0.39, 0.29) is 5.97 Å². The Balaban J connectivity index is 2.56. The molecule has 1 aromatic carbocycles. The van der Waals surface area contributed by atoms with E-state index >= 15 is 0 Å². The number of methoxy groups -OCH3 is 1. The largest absolute Gasteiger partial charge is 0.497 e. The van der Waals surface area contributed by atoms with E-state index in [4.69, 9.17) is 9.47 Å². The fourth-order valence-electron chi connectivity index (χ4n) is 1.90. The normalized spacial score (nSPS) is 10.5. The van der Waals surface area contributed by atoms with Gasteiger partial charge in [-0.1, -0.05) is 0 Å². The summed E-state index contributed by atoms with van der Waals surface area (Å²) in [7, 11) is 1.61. The first-order valence-electron chi connectivity index (χ1n) is 5.50. The van der Waals surface area contributed by atoms with Crippen molar-refractivity contribution < 1.29 is 14.3 Å². The molecule has 4 nitrogen and oxygen atoms in total. The number of aryl methyl sites for hydroxylation is 1. The minimum Gasteiger partial charge on any atom is -0.497 e. The van der Waals surface area contributed by atoms with Crippen LogP contribution in [0.3, 0.4) is 0 Å². The highest BCUT2D eigenvalue weighted by Crippen LogP contribution is 2.26. The third-order valence-electron chi connectivity index (χ3n) is 2.67. The number of rotatable bonds is 3. The molecule has 0 aliphatic heterocycles. The molecule has 0 unspecified atom stereocenters. The van der Waals surface area contributed by atoms with Crippen molar-refractivity contribution in [1.82, 2.24) is 4.98 Å². The van der Waals surface area contributed by atoms with E-state index in [0.717, 1.165) is 22.3 Å². The summed E-state index contributed by atoms with van der Waals surface area (Å²) in [5.74, 6) is 0.468. The van der Waals surface area contributed by atoms with Gasteiger partial charge in [0, 0.05) is 17.1 Å². The molecule has 0 bridgehead atoms. The fourth-order valence-corrected chi connectivity index (χ4v) is 1.90. The molecule has 17 heavy (non-hydrogen) atoms. The predicted molar refractivity (Wildman–Crippen MR) is 65.5 cm³/mol. The molecule has 2 rings (SSSR count). The number of aromatic nitrogens is 1. The third kappa shape index (κ3) is 1.98. The maximum atomic E-state index is 11.8. The summed E-state index contributed by atoms with van der Waals surface area (Å²) >= 11 is 0. The average Bonchev–Trinajstić information content (AvgIpc) is 2.64. The van der Waals surface area contributed by atoms with Gasteiger partial charge in [0.2, 0.25) is 0 Å². The number of hydrogen-bond acceptors (Lipinski definition) is 3. The summed E-state index contributed by atoms with van der Waals surface area (Å²) in [6.45, 7) is 4.03. The SMILES string of the molecule is CCOC(=O)c1c(C)[nH]c2cc(OC)ccc12. The van der Waals surface area contributed by atoms with Crippen LogP contribution in [0.4, 0.5) is 0 Å². The Labute approximate surface area is 99.5 Å². The van der Waals surface area contributed by atoms with Crippen molar-refractivity contribution >= 4 is 16.9 Å². The van der Waals surface area contributed by atoms with Crippen molar-refractivity contribution in [3.05, 3.63) is 29.5 Å². The van der Waals surface area contributed by atoms with E-state index in [0.29, 0.717) is 12.2 Å². The minimum absolute atomic E-state index is 0.290. The lowest BCUT2D eigenvalue weighted by molar-refractivity contribution is 0.0528. The van der Waals surface area contributed by atoms with Gasteiger partial charge in [-0.3, -0.25) is 0 Å². The zero-order valence-electron chi connectivity index (χ0n) is 10.2. The van der Waals surface area contributed by atoms with Crippen LogP contribution in [0.2, 0.25) is 0 Å². The molecule has 1 N–H and O–H groups in total. The second-order valence-electron chi connectivity index (χ2n) is 3.76. The quantitative estimate of drug-likeness (QED) is 0.829. The zero-order valence-corrected chi connectivity index (χ0v) is 10.2. The molecule has 0 atom stereocenters. The van der Waals surface area contributed by atoms with Crippen LogP contribution in [0.5, 0.6) is 5.75 Å². The average molecular weight is 233 g/mol. The van der Waals surface area contributed by atoms with Crippen molar-refractivity contribution in [3.63, 3.8) is 0 Å². The monoisotopic (exact) mass is 233 g/mol. The summed E-state index contributed by atoms with van der Waals surface area (Å²) in [4.78, 5) is 15.0. The second-order valence-corrected chi connectivity index (χ2v) is 3.76. The Hall–Kier alpha value is -1.97. The Kier molecular flexibility index (Phi) is 3.04. The molecule has 0 aliphatic carbocycles. The molecule has 2 aromatic rings. The van der Waals surface area contributed by atoms with E-state index in [1.807, 2.05) is 25.1 Å². The minimum atomic E-state index is -0.290. The Morgan fingerprint density at radius 2 is 2.18 bits per heavy atom. The number of H-pyrrole nitrogens is 1. The number of hydrogen-bond donors (Lipinski definition) is 1. The third-order valence-corrected chi connectivity index (χ3v) is 2.67. The molecule has 1 heterocycles. The van der Waals surface area contributed by atoms with Crippen LogP contribution in [0.15, 0.2) is 18.2 Å². The molecule has 0 aliphatic rings. The van der Waals surface area contributed by atoms with Gasteiger partial charge in [0.1, 0.15) is 5.75 Å². The highest BCUT2D eigenvalue weighted by atomic mass is 16.5. The van der Waals surface area contributed by atoms with Gasteiger partial charge < -0.3 is 14.5 Å². The predicted octanol–water partition coefficient (Wildman–Crippen LogP) is 2.66. The smallest absolute Gasteiger partial charge is 0.340 e. The summed E-state index contributed by atoms with van der Waals surface area (Å²) < 4.78 is 10.2. The van der Waals surface area contributed by atoms with E-state index < -0.39 is 0 Å². The van der Waals surface area contributed by atoms with Crippen LogP contribution in [0, 0.1) is 6.92 Å². The van der Waals surface area contributed by atoms with E-state index in [2.05, 4.69) is 4.98 Å². The number of fused-ring (bicyclic) bond motifs is 1. The van der Waals surface area contributed by atoms with Crippen molar-refractivity contribution in [2.75, 3.05) is 13.7 Å². The summed E-state index contributed by atoms with van der Waals surface area (Å²) in [6.07, 6.45) is 0. The number of aromatic amines is 1. The van der Waals surface area contributed by atoms with Gasteiger partial charge in [-0.05, 0) is 26.0 Å². The van der Waals surface area contributed by atoms with E-state index in [1.54, 1.807) is 14.0 Å². The number of benzene rings is 1. The Bertz CT molecular complexity index is 557. The first-order chi connectivity index (χ1) is 8.17. The zero-order chi connectivity index (χ0) is 12.4. The van der Waals surface area contributed by atoms with Crippen LogP contribution >= 0.6 is 0 Å². The van der Waals surface area contributed by atoms with Gasteiger partial charge >= 0.3 is 5.97 Å². The second kappa shape index (κ2) is 4.49.